The van der Waals surface area contributed by atoms with E-state index >= 15 is 0 Å². The highest BCUT2D eigenvalue weighted by molar-refractivity contribution is 9.32. The number of alkyl halides is 6. The highest BCUT2D eigenvalue weighted by atomic mass is 79.9. The lowest BCUT2D eigenvalue weighted by atomic mass is 10.3. The van der Waals surface area contributed by atoms with Gasteiger partial charge in [0.2, 0.25) is 0 Å². The first-order valence-electron chi connectivity index (χ1n) is 2.40. The maximum Gasteiger partial charge on any atom is 0.130 e. The summed E-state index contributed by atoms with van der Waals surface area (Å²) in [5.41, 5.74) is 0. The summed E-state index contributed by atoms with van der Waals surface area (Å²) in [6.07, 6.45) is 0. The van der Waals surface area contributed by atoms with E-state index < -0.39 is 6.47 Å². The summed E-state index contributed by atoms with van der Waals surface area (Å²) < 4.78 is -1.17. The van der Waals surface area contributed by atoms with Crippen molar-refractivity contribution in [2.45, 2.75) is 10.2 Å². The maximum absolute atomic E-state index is 8.98. The van der Waals surface area contributed by atoms with Crippen LogP contribution >= 0.6 is 95.6 Å². The molecule has 7 heteroatoms. The van der Waals surface area contributed by atoms with Crippen molar-refractivity contribution in [1.29, 1.82) is 0 Å². The van der Waals surface area contributed by atoms with Crippen LogP contribution < -0.4 is 0 Å². The SMILES string of the molecule is OCC(Br)(Br)C(Br)(Br)C(Br)Br. The fourth-order valence-corrected chi connectivity index (χ4v) is 2.98. The van der Waals surface area contributed by atoms with E-state index in [2.05, 4.69) is 95.6 Å². The quantitative estimate of drug-likeness (QED) is 0.529. The van der Waals surface area contributed by atoms with Crippen LogP contribution in [0.3, 0.4) is 0 Å². The molecule has 0 saturated heterocycles. The standard InChI is InChI=1S/C4H4Br6O/c5-2(6)4(9,10)3(7,8)1-11/h2,11H,1H2. The zero-order chi connectivity index (χ0) is 9.28. The lowest BCUT2D eigenvalue weighted by Crippen LogP contribution is -2.42. The minimum atomic E-state index is -0.620. The summed E-state index contributed by atoms with van der Waals surface area (Å²) in [6, 6.07) is 0. The highest BCUT2D eigenvalue weighted by Crippen LogP contribution is 2.53. The third-order valence-corrected chi connectivity index (χ3v) is 10.9. The fourth-order valence-electron chi connectivity index (χ4n) is 0.265. The molecule has 0 aliphatic heterocycles. The van der Waals surface area contributed by atoms with Gasteiger partial charge in [0.25, 0.3) is 0 Å². The maximum atomic E-state index is 8.98. The van der Waals surface area contributed by atoms with E-state index in [0.29, 0.717) is 0 Å². The van der Waals surface area contributed by atoms with Gasteiger partial charge in [-0.05, 0) is 0 Å². The largest absolute Gasteiger partial charge is 0.394 e. The monoisotopic (exact) mass is 542 g/mol. The molecule has 0 radical (unpaired) electrons. The molecule has 0 rings (SSSR count). The number of aliphatic hydroxyl groups is 1. The van der Waals surface area contributed by atoms with Crippen LogP contribution in [0, 0.1) is 0 Å². The molecular weight excluding hydrogens is 543 g/mol. The summed E-state index contributed by atoms with van der Waals surface area (Å²) in [5.74, 6) is 0. The molecule has 0 aromatic carbocycles. The average molecular weight is 547 g/mol. The molecule has 0 spiro atoms. The second-order valence-corrected chi connectivity index (χ2v) is 12.2. The van der Waals surface area contributed by atoms with Gasteiger partial charge in [0.05, 0.1) is 10.3 Å². The molecule has 1 nitrogen and oxygen atoms in total. The summed E-state index contributed by atoms with van der Waals surface area (Å²) in [7, 11) is 0. The van der Waals surface area contributed by atoms with Crippen LogP contribution in [0.5, 0.6) is 0 Å². The summed E-state index contributed by atoms with van der Waals surface area (Å²) in [5, 5.41) is 8.98. The fraction of sp³-hybridized carbons (Fsp3) is 1.00. The Morgan fingerprint density at radius 3 is 1.55 bits per heavy atom. The van der Waals surface area contributed by atoms with Gasteiger partial charge in [0.15, 0.2) is 0 Å². The molecule has 0 fully saturated rings. The smallest absolute Gasteiger partial charge is 0.130 e. The topological polar surface area (TPSA) is 20.2 Å². The Kier molecular flexibility index (Phi) is 6.38. The molecule has 0 aromatic heterocycles. The Morgan fingerprint density at radius 1 is 1.09 bits per heavy atom. The van der Waals surface area contributed by atoms with Crippen molar-refractivity contribution in [3.8, 4) is 0 Å². The van der Waals surface area contributed by atoms with Gasteiger partial charge in [-0.1, -0.05) is 95.6 Å². The van der Waals surface area contributed by atoms with Crippen LogP contribution in [0.2, 0.25) is 0 Å². The van der Waals surface area contributed by atoms with Gasteiger partial charge < -0.3 is 5.11 Å². The predicted molar refractivity (Wildman–Crippen MR) is 69.9 cm³/mol. The van der Waals surface area contributed by atoms with Crippen LogP contribution in [0.25, 0.3) is 0 Å². The van der Waals surface area contributed by atoms with Crippen molar-refractivity contribution in [1.82, 2.24) is 0 Å². The molecule has 0 amide bonds. The molecule has 0 bridgehead atoms. The molecule has 0 aromatic rings. The molecule has 0 saturated carbocycles. The first-order chi connectivity index (χ1) is 4.75. The first-order valence-corrected chi connectivity index (χ1v) is 7.40. The normalized spacial score (nSPS) is 14.2. The Morgan fingerprint density at radius 2 is 1.45 bits per heavy atom. The first kappa shape index (κ1) is 13.8. The Balaban J connectivity index is 4.53. The van der Waals surface area contributed by atoms with Gasteiger partial charge in [-0.3, -0.25) is 0 Å². The van der Waals surface area contributed by atoms with E-state index in [1.165, 1.54) is 0 Å². The summed E-state index contributed by atoms with van der Waals surface area (Å²) in [4.78, 5) is 0. The van der Waals surface area contributed by atoms with E-state index in [4.69, 9.17) is 5.11 Å². The highest BCUT2D eigenvalue weighted by Gasteiger charge is 2.48. The minimum Gasteiger partial charge on any atom is -0.394 e. The number of hydrogen-bond donors (Lipinski definition) is 1. The number of rotatable bonds is 3. The Labute approximate surface area is 116 Å². The molecule has 0 unspecified atom stereocenters. The molecule has 1 N–H and O–H groups in total. The number of halogens is 6. The van der Waals surface area contributed by atoms with Gasteiger partial charge in [-0.25, -0.2) is 0 Å². The van der Waals surface area contributed by atoms with Crippen LogP contribution in [-0.2, 0) is 0 Å². The van der Waals surface area contributed by atoms with Gasteiger partial charge >= 0.3 is 0 Å². The summed E-state index contributed by atoms with van der Waals surface area (Å²) in [6.45, 7) is -0.0583. The third kappa shape index (κ3) is 3.47. The Bertz CT molecular complexity index is 133. The van der Waals surface area contributed by atoms with Crippen LogP contribution in [0.1, 0.15) is 0 Å². The van der Waals surface area contributed by atoms with Gasteiger partial charge in [0, 0.05) is 0 Å². The zero-order valence-corrected chi connectivity index (χ0v) is 14.5. The van der Waals surface area contributed by atoms with Crippen molar-refractivity contribution in [3.05, 3.63) is 0 Å². The van der Waals surface area contributed by atoms with Crippen LogP contribution in [-0.4, -0.2) is 21.9 Å². The lowest BCUT2D eigenvalue weighted by molar-refractivity contribution is 0.286. The Hall–Kier alpha value is 2.84. The van der Waals surface area contributed by atoms with Crippen molar-refractivity contribution >= 4 is 95.6 Å². The number of hydrogen-bond acceptors (Lipinski definition) is 1. The van der Waals surface area contributed by atoms with Crippen molar-refractivity contribution in [2.75, 3.05) is 6.61 Å². The minimum absolute atomic E-state index is 0.0339. The van der Waals surface area contributed by atoms with Gasteiger partial charge in [0.1, 0.15) is 6.47 Å². The van der Waals surface area contributed by atoms with E-state index in [1.54, 1.807) is 0 Å². The van der Waals surface area contributed by atoms with Crippen LogP contribution in [0.15, 0.2) is 0 Å². The van der Waals surface area contributed by atoms with E-state index in [0.717, 1.165) is 0 Å². The van der Waals surface area contributed by atoms with Crippen LogP contribution in [0.4, 0.5) is 0 Å². The molecule has 11 heavy (non-hydrogen) atoms. The zero-order valence-electron chi connectivity index (χ0n) is 5.00. The molecule has 68 valence electrons. The molecule has 0 heterocycles. The predicted octanol–water partition coefficient (Wildman–Crippen LogP) is 4.07. The average Bonchev–Trinajstić information content (AvgIpc) is 1.87. The van der Waals surface area contributed by atoms with Crippen molar-refractivity contribution in [3.63, 3.8) is 0 Å². The van der Waals surface area contributed by atoms with Crippen molar-refractivity contribution < 1.29 is 5.11 Å². The molecule has 0 atom stereocenters. The van der Waals surface area contributed by atoms with Crippen molar-refractivity contribution in [2.24, 2.45) is 0 Å². The van der Waals surface area contributed by atoms with E-state index in [-0.39, 0.29) is 10.3 Å². The second-order valence-electron chi connectivity index (χ2n) is 1.79. The van der Waals surface area contributed by atoms with Gasteiger partial charge in [-0.15, -0.1) is 0 Å². The number of aliphatic hydroxyl groups excluding tert-OH is 1. The van der Waals surface area contributed by atoms with Gasteiger partial charge in [-0.2, -0.15) is 0 Å². The summed E-state index contributed by atoms with van der Waals surface area (Å²) >= 11 is 20.1. The third-order valence-electron chi connectivity index (χ3n) is 0.960. The second kappa shape index (κ2) is 5.07. The lowest BCUT2D eigenvalue weighted by Gasteiger charge is -2.34. The molecule has 0 aliphatic rings. The van der Waals surface area contributed by atoms with E-state index in [9.17, 15) is 0 Å². The van der Waals surface area contributed by atoms with E-state index in [1.807, 2.05) is 0 Å². The molecular formula is C4H4Br6O. The molecule has 0 aliphatic carbocycles.